The number of hydrogen-bond donors (Lipinski definition) is 3. The highest BCUT2D eigenvalue weighted by atomic mass is 16.2. The highest BCUT2D eigenvalue weighted by molar-refractivity contribution is 5.82. The number of rotatable bonds is 7. The second kappa shape index (κ2) is 10.1. The van der Waals surface area contributed by atoms with Gasteiger partial charge in [-0.15, -0.1) is 0 Å². The van der Waals surface area contributed by atoms with Gasteiger partial charge in [0.1, 0.15) is 6.04 Å². The molecular formula is C23H27N7O. The number of hydrogen-bond acceptors (Lipinski definition) is 7. The smallest absolute Gasteiger partial charge is 0.241 e. The van der Waals surface area contributed by atoms with Crippen molar-refractivity contribution in [3.05, 3.63) is 72.4 Å². The van der Waals surface area contributed by atoms with E-state index in [-0.39, 0.29) is 5.91 Å². The zero-order valence-electron chi connectivity index (χ0n) is 17.3. The molecule has 2 heterocycles. The summed E-state index contributed by atoms with van der Waals surface area (Å²) in [4.78, 5) is 29.6. The van der Waals surface area contributed by atoms with Crippen LogP contribution in [0.3, 0.4) is 0 Å². The van der Waals surface area contributed by atoms with Gasteiger partial charge in [-0.3, -0.25) is 9.78 Å². The third kappa shape index (κ3) is 5.61. The SMILES string of the molecule is NC(C(=O)NCC1CCC(c2ccnc(Nc3cnccn3)n2)CC1)c1ccccc1. The number of nitrogens with one attached hydrogen (secondary N) is 2. The van der Waals surface area contributed by atoms with Gasteiger partial charge in [-0.1, -0.05) is 30.3 Å². The summed E-state index contributed by atoms with van der Waals surface area (Å²) in [5.74, 6) is 1.88. The van der Waals surface area contributed by atoms with E-state index in [4.69, 9.17) is 5.73 Å². The lowest BCUT2D eigenvalue weighted by atomic mass is 9.80. The van der Waals surface area contributed by atoms with Crippen LogP contribution in [0.4, 0.5) is 11.8 Å². The molecule has 2 aromatic heterocycles. The Morgan fingerprint density at radius 1 is 1.03 bits per heavy atom. The summed E-state index contributed by atoms with van der Waals surface area (Å²) in [6.45, 7) is 0.662. The molecule has 8 heteroatoms. The maximum Gasteiger partial charge on any atom is 0.241 e. The molecule has 1 fully saturated rings. The Balaban J connectivity index is 1.26. The summed E-state index contributed by atoms with van der Waals surface area (Å²) in [6.07, 6.45) is 10.8. The molecule has 0 bridgehead atoms. The first kappa shape index (κ1) is 20.9. The van der Waals surface area contributed by atoms with Gasteiger partial charge in [0.2, 0.25) is 11.9 Å². The van der Waals surface area contributed by atoms with Crippen LogP contribution in [0.15, 0.2) is 61.2 Å². The van der Waals surface area contributed by atoms with E-state index in [0.29, 0.717) is 30.1 Å². The molecule has 8 nitrogen and oxygen atoms in total. The maximum atomic E-state index is 12.4. The monoisotopic (exact) mass is 417 g/mol. The van der Waals surface area contributed by atoms with Gasteiger partial charge < -0.3 is 16.4 Å². The van der Waals surface area contributed by atoms with Crippen LogP contribution in [-0.4, -0.2) is 32.4 Å². The van der Waals surface area contributed by atoms with Crippen molar-refractivity contribution in [2.75, 3.05) is 11.9 Å². The molecule has 0 saturated heterocycles. The van der Waals surface area contributed by atoms with Crippen LogP contribution < -0.4 is 16.4 Å². The second-order valence-corrected chi connectivity index (χ2v) is 7.87. The number of aromatic nitrogens is 4. The van der Waals surface area contributed by atoms with E-state index in [9.17, 15) is 4.79 Å². The molecule has 31 heavy (non-hydrogen) atoms. The standard InChI is InChI=1S/C23H27N7O/c24-21(18-4-2-1-3-5-18)22(31)28-14-16-6-8-17(9-7-16)19-10-11-27-23(29-19)30-20-15-25-12-13-26-20/h1-5,10-13,15-17,21H,6-9,14,24H2,(H,28,31)(H,26,27,29,30). The number of benzene rings is 1. The van der Waals surface area contributed by atoms with Crippen LogP contribution >= 0.6 is 0 Å². The van der Waals surface area contributed by atoms with Gasteiger partial charge in [-0.25, -0.2) is 15.0 Å². The van der Waals surface area contributed by atoms with Crippen molar-refractivity contribution >= 4 is 17.7 Å². The number of carbonyl (C=O) groups excluding carboxylic acids is 1. The summed E-state index contributed by atoms with van der Waals surface area (Å²) in [5.41, 5.74) is 7.95. The van der Waals surface area contributed by atoms with Crippen molar-refractivity contribution in [3.8, 4) is 0 Å². The van der Waals surface area contributed by atoms with Crippen LogP contribution in [0, 0.1) is 5.92 Å². The number of nitrogens with zero attached hydrogens (tertiary/aromatic N) is 4. The van der Waals surface area contributed by atoms with E-state index in [1.807, 2.05) is 36.4 Å². The average Bonchev–Trinajstić information content (AvgIpc) is 2.84. The molecule has 1 aliphatic carbocycles. The Bertz CT molecular complexity index is 975. The first-order chi connectivity index (χ1) is 15.2. The molecular weight excluding hydrogens is 390 g/mol. The van der Waals surface area contributed by atoms with Crippen molar-refractivity contribution < 1.29 is 4.79 Å². The van der Waals surface area contributed by atoms with Crippen molar-refractivity contribution in [1.82, 2.24) is 25.3 Å². The van der Waals surface area contributed by atoms with Gasteiger partial charge in [-0.2, -0.15) is 0 Å². The van der Waals surface area contributed by atoms with E-state index in [0.717, 1.165) is 36.9 Å². The highest BCUT2D eigenvalue weighted by Gasteiger charge is 2.25. The molecule has 1 aliphatic rings. The third-order valence-corrected chi connectivity index (χ3v) is 5.75. The summed E-state index contributed by atoms with van der Waals surface area (Å²) in [5, 5.41) is 6.12. The Kier molecular flexibility index (Phi) is 6.78. The first-order valence-corrected chi connectivity index (χ1v) is 10.6. The molecule has 0 radical (unpaired) electrons. The average molecular weight is 418 g/mol. The van der Waals surface area contributed by atoms with Crippen molar-refractivity contribution in [2.45, 2.75) is 37.6 Å². The molecule has 1 atom stereocenters. The van der Waals surface area contributed by atoms with Crippen molar-refractivity contribution in [1.29, 1.82) is 0 Å². The molecule has 160 valence electrons. The zero-order valence-corrected chi connectivity index (χ0v) is 17.3. The number of anilines is 2. The Morgan fingerprint density at radius 2 is 1.84 bits per heavy atom. The minimum Gasteiger partial charge on any atom is -0.354 e. The molecule has 4 N–H and O–H groups in total. The number of nitrogens with two attached hydrogens (primary N) is 1. The Labute approximate surface area is 181 Å². The molecule has 3 aromatic rings. The van der Waals surface area contributed by atoms with Gasteiger partial charge >= 0.3 is 0 Å². The molecule has 1 unspecified atom stereocenters. The van der Waals surface area contributed by atoms with Gasteiger partial charge in [0.15, 0.2) is 5.82 Å². The summed E-state index contributed by atoms with van der Waals surface area (Å²) in [6, 6.07) is 10.8. The lowest BCUT2D eigenvalue weighted by Gasteiger charge is -2.28. The van der Waals surface area contributed by atoms with E-state index in [2.05, 4.69) is 30.6 Å². The summed E-state index contributed by atoms with van der Waals surface area (Å²) >= 11 is 0. The van der Waals surface area contributed by atoms with Crippen LogP contribution in [-0.2, 0) is 4.79 Å². The molecule has 1 amide bonds. The Hall–Kier alpha value is -3.39. The fourth-order valence-electron chi connectivity index (χ4n) is 3.97. The first-order valence-electron chi connectivity index (χ1n) is 10.6. The van der Waals surface area contributed by atoms with Crippen molar-refractivity contribution in [3.63, 3.8) is 0 Å². The molecule has 0 aliphatic heterocycles. The lowest BCUT2D eigenvalue weighted by Crippen LogP contribution is -2.37. The van der Waals surface area contributed by atoms with Crippen LogP contribution in [0.25, 0.3) is 0 Å². The van der Waals surface area contributed by atoms with E-state index in [1.165, 1.54) is 0 Å². The topological polar surface area (TPSA) is 119 Å². The van der Waals surface area contributed by atoms with Gasteiger partial charge in [-0.05, 0) is 43.2 Å². The summed E-state index contributed by atoms with van der Waals surface area (Å²) < 4.78 is 0. The fourth-order valence-corrected chi connectivity index (χ4v) is 3.97. The predicted molar refractivity (Wildman–Crippen MR) is 118 cm³/mol. The number of amides is 1. The minimum absolute atomic E-state index is 0.121. The molecule has 1 aromatic carbocycles. The minimum atomic E-state index is -0.626. The van der Waals surface area contributed by atoms with Gasteiger partial charge in [0.05, 0.1) is 6.20 Å². The van der Waals surface area contributed by atoms with Crippen LogP contribution in [0.5, 0.6) is 0 Å². The van der Waals surface area contributed by atoms with Gasteiger partial charge in [0, 0.05) is 36.7 Å². The normalized spacial score (nSPS) is 19.4. The van der Waals surface area contributed by atoms with Gasteiger partial charge in [0.25, 0.3) is 0 Å². The predicted octanol–water partition coefficient (Wildman–Crippen LogP) is 3.10. The second-order valence-electron chi connectivity index (χ2n) is 7.87. The van der Waals surface area contributed by atoms with Crippen molar-refractivity contribution in [2.24, 2.45) is 11.7 Å². The Morgan fingerprint density at radius 3 is 2.58 bits per heavy atom. The molecule has 1 saturated carbocycles. The van der Waals surface area contributed by atoms with E-state index >= 15 is 0 Å². The number of carbonyl (C=O) groups is 1. The highest BCUT2D eigenvalue weighted by Crippen LogP contribution is 2.35. The third-order valence-electron chi connectivity index (χ3n) is 5.75. The zero-order chi connectivity index (χ0) is 21.5. The van der Waals surface area contributed by atoms with Crippen LogP contribution in [0.1, 0.15) is 48.9 Å². The molecule has 0 spiro atoms. The largest absolute Gasteiger partial charge is 0.354 e. The fraction of sp³-hybridized carbons (Fsp3) is 0.348. The molecule has 4 rings (SSSR count). The lowest BCUT2D eigenvalue weighted by molar-refractivity contribution is -0.122. The maximum absolute atomic E-state index is 12.4. The van der Waals surface area contributed by atoms with Crippen LogP contribution in [0.2, 0.25) is 0 Å². The summed E-state index contributed by atoms with van der Waals surface area (Å²) in [7, 11) is 0. The van der Waals surface area contributed by atoms with E-state index < -0.39 is 6.04 Å². The quantitative estimate of drug-likeness (QED) is 0.540. The van der Waals surface area contributed by atoms with E-state index in [1.54, 1.807) is 24.8 Å².